The number of nitrogens with zero attached hydrogens (tertiary/aromatic N) is 2. The fourth-order valence-corrected chi connectivity index (χ4v) is 1.72. The molecule has 0 saturated carbocycles. The van der Waals surface area contributed by atoms with Crippen LogP contribution in [-0.4, -0.2) is 21.3 Å². The molecule has 5 nitrogen and oxygen atoms in total. The lowest BCUT2D eigenvalue weighted by molar-refractivity contribution is 0.365. The molecule has 1 rings (SSSR count). The van der Waals surface area contributed by atoms with Crippen LogP contribution >= 0.6 is 0 Å². The van der Waals surface area contributed by atoms with E-state index in [1.165, 1.54) is 24.3 Å². The number of rotatable bonds is 4. The van der Waals surface area contributed by atoms with Crippen LogP contribution in [0.2, 0.25) is 0 Å². The van der Waals surface area contributed by atoms with Crippen molar-refractivity contribution < 1.29 is 13.2 Å². The zero-order chi connectivity index (χ0) is 12.2. The number of benzene rings is 1. The minimum absolute atomic E-state index is 0.0739. The fraction of sp³-hybridized carbons (Fsp3) is 0.200. The second kappa shape index (κ2) is 4.77. The van der Waals surface area contributed by atoms with Crippen LogP contribution in [-0.2, 0) is 9.84 Å². The Bertz CT molecular complexity index is 544. The zero-order valence-electron chi connectivity index (χ0n) is 8.75. The molecule has 84 valence electrons. The van der Waals surface area contributed by atoms with E-state index in [9.17, 15) is 8.42 Å². The molecule has 0 N–H and O–H groups in total. The molecule has 0 aliphatic heterocycles. The first-order chi connectivity index (χ1) is 7.49. The molecule has 0 unspecified atom stereocenters. The second-order valence-electron chi connectivity index (χ2n) is 3.10. The Balaban J connectivity index is 3.18. The summed E-state index contributed by atoms with van der Waals surface area (Å²) < 4.78 is 27.7. The summed E-state index contributed by atoms with van der Waals surface area (Å²) in [5.41, 5.74) is 0.0739. The van der Waals surface area contributed by atoms with Crippen molar-refractivity contribution in [1.82, 2.24) is 0 Å². The molecule has 0 aliphatic carbocycles. The van der Waals surface area contributed by atoms with Gasteiger partial charge in [0, 0.05) is 6.26 Å². The molecule has 0 aromatic heterocycles. The van der Waals surface area contributed by atoms with Crippen molar-refractivity contribution in [2.24, 2.45) is 0 Å². The van der Waals surface area contributed by atoms with E-state index in [4.69, 9.17) is 10.1 Å². The summed E-state index contributed by atoms with van der Waals surface area (Å²) in [4.78, 5) is 3.05. The smallest absolute Gasteiger partial charge is 0.427 e. The first kappa shape index (κ1) is 12.2. The Morgan fingerprint density at radius 2 is 2.25 bits per heavy atom. The summed E-state index contributed by atoms with van der Waals surface area (Å²) in [6.07, 6.45) is 2.61. The fourth-order valence-electron chi connectivity index (χ4n) is 1.08. The second-order valence-corrected chi connectivity index (χ2v) is 5.12. The minimum atomic E-state index is -3.32. The molecular formula is C10H11N2O3S+. The average Bonchev–Trinajstić information content (AvgIpc) is 2.24. The Kier molecular flexibility index (Phi) is 3.64. The van der Waals surface area contributed by atoms with Crippen molar-refractivity contribution in [3.63, 3.8) is 0 Å². The quantitative estimate of drug-likeness (QED) is 0.596. The normalized spacial score (nSPS) is 10.5. The van der Waals surface area contributed by atoms with Crippen LogP contribution in [0.3, 0.4) is 0 Å². The molecule has 0 spiro atoms. The third-order valence-electron chi connectivity index (χ3n) is 1.82. The van der Waals surface area contributed by atoms with Crippen molar-refractivity contribution in [3.8, 4) is 5.75 Å². The molecule has 0 radical (unpaired) electrons. The van der Waals surface area contributed by atoms with Gasteiger partial charge in [-0.1, -0.05) is 12.7 Å². The largest absolute Gasteiger partial charge is 0.482 e. The number of ether oxygens (including phenoxy) is 1. The highest BCUT2D eigenvalue weighted by atomic mass is 32.2. The van der Waals surface area contributed by atoms with Gasteiger partial charge in [-0.2, -0.15) is 0 Å². The maximum atomic E-state index is 11.2. The van der Waals surface area contributed by atoms with E-state index < -0.39 is 9.84 Å². The van der Waals surface area contributed by atoms with Crippen molar-refractivity contribution >= 4 is 15.5 Å². The van der Waals surface area contributed by atoms with Crippen LogP contribution in [0.5, 0.6) is 5.75 Å². The summed E-state index contributed by atoms with van der Waals surface area (Å²) in [5, 5.41) is 8.73. The average molecular weight is 239 g/mol. The Labute approximate surface area is 93.9 Å². The lowest BCUT2D eigenvalue weighted by atomic mass is 10.3. The molecule has 0 aliphatic rings. The third-order valence-corrected chi connectivity index (χ3v) is 2.93. The van der Waals surface area contributed by atoms with E-state index >= 15 is 0 Å². The molecule has 0 heterocycles. The van der Waals surface area contributed by atoms with Gasteiger partial charge in [0.2, 0.25) is 11.1 Å². The standard InChI is InChI=1S/C10H11N2O3S/c1-3-6-15-10-5-4-8(16(2,13)14)7-9(10)12-11/h3-5,7H,1,6H2,2H3/q+1. The van der Waals surface area contributed by atoms with Crippen molar-refractivity contribution in [2.45, 2.75) is 4.90 Å². The van der Waals surface area contributed by atoms with E-state index in [1.807, 2.05) is 0 Å². The molecule has 0 fully saturated rings. The third kappa shape index (κ3) is 2.81. The number of hydrogen-bond acceptors (Lipinski definition) is 4. The number of hydrogen-bond donors (Lipinski definition) is 0. The van der Waals surface area contributed by atoms with Gasteiger partial charge in [-0.05, 0) is 12.1 Å². The van der Waals surface area contributed by atoms with Gasteiger partial charge in [0.05, 0.1) is 11.0 Å². The first-order valence-corrected chi connectivity index (χ1v) is 6.31. The predicted molar refractivity (Wildman–Crippen MR) is 60.0 cm³/mol. The Hall–Kier alpha value is -1.87. The van der Waals surface area contributed by atoms with E-state index in [-0.39, 0.29) is 17.2 Å². The van der Waals surface area contributed by atoms with Gasteiger partial charge in [-0.25, -0.2) is 8.42 Å². The molecule has 0 amide bonds. The van der Waals surface area contributed by atoms with E-state index in [2.05, 4.69) is 11.6 Å². The highest BCUT2D eigenvalue weighted by Gasteiger charge is 2.19. The molecule has 0 atom stereocenters. The molecule has 16 heavy (non-hydrogen) atoms. The lowest BCUT2D eigenvalue weighted by Gasteiger charge is -2.01. The summed E-state index contributed by atoms with van der Waals surface area (Å²) in [7, 11) is -3.32. The van der Waals surface area contributed by atoms with Gasteiger partial charge in [-0.3, -0.25) is 0 Å². The van der Waals surface area contributed by atoms with Crippen molar-refractivity contribution in [2.75, 3.05) is 12.9 Å². The van der Waals surface area contributed by atoms with Crippen molar-refractivity contribution in [1.29, 1.82) is 5.39 Å². The van der Waals surface area contributed by atoms with Crippen molar-refractivity contribution in [3.05, 3.63) is 35.8 Å². The maximum Gasteiger partial charge on any atom is 0.427 e. The van der Waals surface area contributed by atoms with Crippen LogP contribution in [0.4, 0.5) is 5.69 Å². The van der Waals surface area contributed by atoms with Crippen LogP contribution in [0.1, 0.15) is 0 Å². The van der Waals surface area contributed by atoms with E-state index in [0.717, 1.165) is 6.26 Å². The van der Waals surface area contributed by atoms with Crippen LogP contribution in [0, 0.1) is 5.39 Å². The molecule has 0 saturated heterocycles. The van der Waals surface area contributed by atoms with Gasteiger partial charge < -0.3 is 4.74 Å². The van der Waals surface area contributed by atoms with Gasteiger partial charge in [0.25, 0.3) is 0 Å². The number of sulfone groups is 1. The monoisotopic (exact) mass is 239 g/mol. The predicted octanol–water partition coefficient (Wildman–Crippen LogP) is 2.14. The molecule has 1 aromatic rings. The SMILES string of the molecule is C=CCOc1ccc(S(C)(=O)=O)cc1[N+]#N. The first-order valence-electron chi connectivity index (χ1n) is 4.42. The topological polar surface area (TPSA) is 71.5 Å². The van der Waals surface area contributed by atoms with Gasteiger partial charge in [0.15, 0.2) is 14.8 Å². The lowest BCUT2D eigenvalue weighted by Crippen LogP contribution is -1.98. The molecule has 6 heteroatoms. The van der Waals surface area contributed by atoms with Gasteiger partial charge in [0.1, 0.15) is 6.61 Å². The highest BCUT2D eigenvalue weighted by molar-refractivity contribution is 7.90. The Morgan fingerprint density at radius 1 is 1.56 bits per heavy atom. The summed E-state index contributed by atoms with van der Waals surface area (Å²) in [5.74, 6) is 0.301. The van der Waals surface area contributed by atoms with E-state index in [0.29, 0.717) is 5.75 Å². The summed E-state index contributed by atoms with van der Waals surface area (Å²) in [6.45, 7) is 3.72. The summed E-state index contributed by atoms with van der Waals surface area (Å²) >= 11 is 0. The van der Waals surface area contributed by atoms with Gasteiger partial charge in [-0.15, -0.1) is 0 Å². The molecular weight excluding hydrogens is 228 g/mol. The van der Waals surface area contributed by atoms with E-state index in [1.54, 1.807) is 0 Å². The highest BCUT2D eigenvalue weighted by Crippen LogP contribution is 2.30. The Morgan fingerprint density at radius 3 is 2.75 bits per heavy atom. The van der Waals surface area contributed by atoms with Gasteiger partial charge >= 0.3 is 5.69 Å². The maximum absolute atomic E-state index is 11.2. The summed E-state index contributed by atoms with van der Waals surface area (Å²) in [6, 6.07) is 4.07. The number of diazo groups is 1. The van der Waals surface area contributed by atoms with Crippen LogP contribution < -0.4 is 4.74 Å². The molecule has 1 aromatic carbocycles. The molecule has 0 bridgehead atoms. The minimum Gasteiger partial charge on any atom is -0.482 e. The van der Waals surface area contributed by atoms with Crippen LogP contribution in [0.25, 0.3) is 4.98 Å². The zero-order valence-corrected chi connectivity index (χ0v) is 9.57. The van der Waals surface area contributed by atoms with Crippen LogP contribution in [0.15, 0.2) is 35.7 Å².